The number of aromatic nitrogens is 3. The van der Waals surface area contributed by atoms with E-state index in [-0.39, 0.29) is 13.2 Å². The highest BCUT2D eigenvalue weighted by Gasteiger charge is 1.98. The first-order valence-electron chi connectivity index (χ1n) is 3.97. The molecule has 68 valence electrons. The van der Waals surface area contributed by atoms with Crippen LogP contribution in [0.3, 0.4) is 0 Å². The maximum atomic E-state index is 8.58. The minimum Gasteiger partial charge on any atom is -0.396 e. The fourth-order valence-corrected chi connectivity index (χ4v) is 0.925. The molecule has 0 unspecified atom stereocenters. The van der Waals surface area contributed by atoms with Crippen molar-refractivity contribution in [3.8, 4) is 0 Å². The molecular formula is C7H13N3O2. The Morgan fingerprint density at radius 2 is 2.17 bits per heavy atom. The monoisotopic (exact) mass is 171 g/mol. The SMILES string of the molecule is OCCCc1cn(CCO)nn1. The van der Waals surface area contributed by atoms with Gasteiger partial charge in [-0.1, -0.05) is 5.21 Å². The van der Waals surface area contributed by atoms with Gasteiger partial charge < -0.3 is 10.2 Å². The molecule has 0 amide bonds. The third-order valence-corrected chi connectivity index (χ3v) is 1.51. The van der Waals surface area contributed by atoms with Crippen LogP contribution in [0.15, 0.2) is 6.20 Å². The second-order valence-electron chi connectivity index (χ2n) is 2.52. The number of nitrogens with zero attached hydrogens (tertiary/aromatic N) is 3. The number of hydrogen-bond donors (Lipinski definition) is 2. The standard InChI is InChI=1S/C7H13N3O2/c11-4-1-2-7-6-10(3-5-12)9-8-7/h6,11-12H,1-5H2. The normalized spacial score (nSPS) is 10.5. The summed E-state index contributed by atoms with van der Waals surface area (Å²) in [5, 5.41) is 24.8. The van der Waals surface area contributed by atoms with Crippen molar-refractivity contribution in [3.63, 3.8) is 0 Å². The molecule has 5 heteroatoms. The number of aliphatic hydroxyl groups excluding tert-OH is 2. The van der Waals surface area contributed by atoms with Gasteiger partial charge in [0.2, 0.25) is 0 Å². The van der Waals surface area contributed by atoms with Gasteiger partial charge in [0.05, 0.1) is 18.8 Å². The molecule has 0 bridgehead atoms. The van der Waals surface area contributed by atoms with Gasteiger partial charge in [-0.15, -0.1) is 5.10 Å². The summed E-state index contributed by atoms with van der Waals surface area (Å²) in [7, 11) is 0. The van der Waals surface area contributed by atoms with Crippen molar-refractivity contribution in [2.24, 2.45) is 0 Å². The lowest BCUT2D eigenvalue weighted by Gasteiger charge is -1.92. The molecule has 2 N–H and O–H groups in total. The van der Waals surface area contributed by atoms with E-state index in [0.717, 1.165) is 12.1 Å². The van der Waals surface area contributed by atoms with Crippen LogP contribution in [0.25, 0.3) is 0 Å². The summed E-state index contributed by atoms with van der Waals surface area (Å²) in [4.78, 5) is 0. The third-order valence-electron chi connectivity index (χ3n) is 1.51. The molecular weight excluding hydrogens is 158 g/mol. The van der Waals surface area contributed by atoms with Crippen molar-refractivity contribution in [1.29, 1.82) is 0 Å². The van der Waals surface area contributed by atoms with Gasteiger partial charge in [0, 0.05) is 12.8 Å². The molecule has 1 aromatic rings. The van der Waals surface area contributed by atoms with Crippen LogP contribution in [0.2, 0.25) is 0 Å². The highest BCUT2D eigenvalue weighted by molar-refractivity contribution is 4.91. The topological polar surface area (TPSA) is 71.2 Å². The van der Waals surface area contributed by atoms with Crippen LogP contribution in [0.1, 0.15) is 12.1 Å². The second-order valence-corrected chi connectivity index (χ2v) is 2.52. The molecule has 0 aromatic carbocycles. The number of hydrogen-bond acceptors (Lipinski definition) is 4. The molecule has 0 aliphatic heterocycles. The maximum absolute atomic E-state index is 8.58. The highest BCUT2D eigenvalue weighted by atomic mass is 16.3. The molecule has 0 aliphatic carbocycles. The minimum absolute atomic E-state index is 0.0722. The van der Waals surface area contributed by atoms with E-state index >= 15 is 0 Å². The Morgan fingerprint density at radius 3 is 2.83 bits per heavy atom. The molecule has 0 saturated heterocycles. The molecule has 0 spiro atoms. The van der Waals surface area contributed by atoms with Crippen molar-refractivity contribution in [3.05, 3.63) is 11.9 Å². The summed E-state index contributed by atoms with van der Waals surface area (Å²) in [5.41, 5.74) is 0.859. The van der Waals surface area contributed by atoms with Gasteiger partial charge in [0.15, 0.2) is 0 Å². The molecule has 12 heavy (non-hydrogen) atoms. The predicted octanol–water partition coefficient (Wildman–Crippen LogP) is -0.805. The van der Waals surface area contributed by atoms with E-state index in [0.29, 0.717) is 13.0 Å². The van der Waals surface area contributed by atoms with Gasteiger partial charge >= 0.3 is 0 Å². The summed E-state index contributed by atoms with van der Waals surface area (Å²) in [6, 6.07) is 0. The predicted molar refractivity (Wildman–Crippen MR) is 42.5 cm³/mol. The highest BCUT2D eigenvalue weighted by Crippen LogP contribution is 1.96. The van der Waals surface area contributed by atoms with Crippen LogP contribution >= 0.6 is 0 Å². The molecule has 0 radical (unpaired) electrons. The van der Waals surface area contributed by atoms with Crippen molar-refractivity contribution < 1.29 is 10.2 Å². The van der Waals surface area contributed by atoms with E-state index in [1.54, 1.807) is 10.9 Å². The summed E-state index contributed by atoms with van der Waals surface area (Å²) in [5.74, 6) is 0. The molecule has 0 saturated carbocycles. The molecule has 1 heterocycles. The van der Waals surface area contributed by atoms with E-state index in [2.05, 4.69) is 10.3 Å². The van der Waals surface area contributed by atoms with E-state index in [1.165, 1.54) is 0 Å². The second kappa shape index (κ2) is 4.84. The summed E-state index contributed by atoms with van der Waals surface area (Å²) in [6.07, 6.45) is 3.23. The molecule has 1 rings (SSSR count). The Morgan fingerprint density at radius 1 is 1.33 bits per heavy atom. The van der Waals surface area contributed by atoms with Crippen LogP contribution in [0, 0.1) is 0 Å². The maximum Gasteiger partial charge on any atom is 0.0828 e. The fraction of sp³-hybridized carbons (Fsp3) is 0.714. The van der Waals surface area contributed by atoms with Crippen LogP contribution < -0.4 is 0 Å². The van der Waals surface area contributed by atoms with Crippen molar-refractivity contribution in [1.82, 2.24) is 15.0 Å². The lowest BCUT2D eigenvalue weighted by atomic mass is 10.3. The quantitative estimate of drug-likeness (QED) is 0.608. The first-order chi connectivity index (χ1) is 5.86. The Kier molecular flexibility index (Phi) is 3.69. The van der Waals surface area contributed by atoms with Crippen molar-refractivity contribution in [2.45, 2.75) is 19.4 Å². The Labute approximate surface area is 70.6 Å². The number of aryl methyl sites for hydroxylation is 1. The summed E-state index contributed by atoms with van der Waals surface area (Å²) < 4.78 is 1.59. The van der Waals surface area contributed by atoms with Crippen molar-refractivity contribution in [2.75, 3.05) is 13.2 Å². The lowest BCUT2D eigenvalue weighted by molar-refractivity contribution is 0.268. The molecule has 1 aromatic heterocycles. The van der Waals surface area contributed by atoms with Crippen LogP contribution in [-0.4, -0.2) is 38.4 Å². The average molecular weight is 171 g/mol. The van der Waals surface area contributed by atoms with Crippen LogP contribution in [-0.2, 0) is 13.0 Å². The molecule has 0 aliphatic rings. The Bertz CT molecular complexity index is 224. The van der Waals surface area contributed by atoms with Crippen LogP contribution in [0.5, 0.6) is 0 Å². The third kappa shape index (κ3) is 2.60. The fourth-order valence-electron chi connectivity index (χ4n) is 0.925. The summed E-state index contributed by atoms with van der Waals surface area (Å²) >= 11 is 0. The zero-order valence-electron chi connectivity index (χ0n) is 6.85. The van der Waals surface area contributed by atoms with E-state index in [4.69, 9.17) is 10.2 Å². The smallest absolute Gasteiger partial charge is 0.0828 e. The molecule has 5 nitrogen and oxygen atoms in total. The van der Waals surface area contributed by atoms with Gasteiger partial charge in [-0.05, 0) is 12.8 Å². The van der Waals surface area contributed by atoms with Gasteiger partial charge in [0.25, 0.3) is 0 Å². The minimum atomic E-state index is 0.0722. The van der Waals surface area contributed by atoms with Gasteiger partial charge in [-0.2, -0.15) is 0 Å². The van der Waals surface area contributed by atoms with Gasteiger partial charge in [-0.3, -0.25) is 0 Å². The zero-order valence-corrected chi connectivity index (χ0v) is 6.85. The Balaban J connectivity index is 2.41. The first-order valence-corrected chi connectivity index (χ1v) is 3.97. The average Bonchev–Trinajstić information content (AvgIpc) is 2.50. The van der Waals surface area contributed by atoms with Gasteiger partial charge in [0.1, 0.15) is 0 Å². The van der Waals surface area contributed by atoms with Crippen LogP contribution in [0.4, 0.5) is 0 Å². The zero-order chi connectivity index (χ0) is 8.81. The lowest BCUT2D eigenvalue weighted by Crippen LogP contribution is -2.02. The largest absolute Gasteiger partial charge is 0.396 e. The van der Waals surface area contributed by atoms with Gasteiger partial charge in [-0.25, -0.2) is 4.68 Å². The van der Waals surface area contributed by atoms with Crippen molar-refractivity contribution >= 4 is 0 Å². The first kappa shape index (κ1) is 9.15. The Hall–Kier alpha value is -0.940. The number of aliphatic hydroxyl groups is 2. The number of rotatable bonds is 5. The molecule has 0 fully saturated rings. The van der Waals surface area contributed by atoms with E-state index < -0.39 is 0 Å². The molecule has 0 atom stereocenters. The van der Waals surface area contributed by atoms with E-state index in [9.17, 15) is 0 Å². The van der Waals surface area contributed by atoms with E-state index in [1.807, 2.05) is 0 Å². The summed E-state index contributed by atoms with van der Waals surface area (Å²) in [6.45, 7) is 0.724.